The molecule has 5 atom stereocenters. The predicted molar refractivity (Wildman–Crippen MR) is 159 cm³/mol. The van der Waals surface area contributed by atoms with Gasteiger partial charge in [0.25, 0.3) is 5.91 Å². The average Bonchev–Trinajstić information content (AvgIpc) is 3.86. The van der Waals surface area contributed by atoms with E-state index >= 15 is 0 Å². The first-order chi connectivity index (χ1) is 20.1. The summed E-state index contributed by atoms with van der Waals surface area (Å²) in [6.45, 7) is 9.37. The van der Waals surface area contributed by atoms with Crippen LogP contribution in [-0.4, -0.2) is 85.3 Å². The summed E-state index contributed by atoms with van der Waals surface area (Å²) in [4.78, 5) is 58.7. The van der Waals surface area contributed by atoms with E-state index in [1.54, 1.807) is 39.1 Å². The highest BCUT2D eigenvalue weighted by molar-refractivity contribution is 9.10. The molecular formula is C28H38BrN5O8S. The molecular weight excluding hydrogens is 646 g/mol. The zero-order valence-electron chi connectivity index (χ0n) is 24.6. The second-order valence-electron chi connectivity index (χ2n) is 12.4. The van der Waals surface area contributed by atoms with Crippen LogP contribution in [-0.2, 0) is 29.1 Å². The molecule has 1 aromatic heterocycles. The molecule has 1 unspecified atom stereocenters. The van der Waals surface area contributed by atoms with E-state index in [2.05, 4.69) is 42.8 Å². The number of pyridine rings is 1. The van der Waals surface area contributed by atoms with Crippen molar-refractivity contribution in [3.63, 3.8) is 0 Å². The number of amides is 4. The van der Waals surface area contributed by atoms with Gasteiger partial charge in [0.15, 0.2) is 0 Å². The van der Waals surface area contributed by atoms with Crippen LogP contribution in [0.4, 0.5) is 4.79 Å². The van der Waals surface area contributed by atoms with Crippen molar-refractivity contribution in [1.82, 2.24) is 25.2 Å². The number of rotatable bonds is 11. The summed E-state index contributed by atoms with van der Waals surface area (Å²) in [6.07, 6.45) is 3.60. The summed E-state index contributed by atoms with van der Waals surface area (Å²) in [7, 11) is -2.66. The van der Waals surface area contributed by atoms with Gasteiger partial charge in [0, 0.05) is 30.6 Å². The minimum absolute atomic E-state index is 0.138. The van der Waals surface area contributed by atoms with Gasteiger partial charge in [-0.3, -0.25) is 19.1 Å². The van der Waals surface area contributed by atoms with Gasteiger partial charge >= 0.3 is 6.09 Å². The number of hydrogen-bond donors (Lipinski definition) is 3. The van der Waals surface area contributed by atoms with Gasteiger partial charge in [-0.2, -0.15) is 0 Å². The molecule has 3 fully saturated rings. The summed E-state index contributed by atoms with van der Waals surface area (Å²) in [5, 5.41) is 4.73. The van der Waals surface area contributed by atoms with Crippen molar-refractivity contribution in [2.24, 2.45) is 17.3 Å². The minimum atomic E-state index is -3.85. The number of ether oxygens (including phenoxy) is 2. The van der Waals surface area contributed by atoms with Crippen LogP contribution < -0.4 is 20.1 Å². The molecule has 0 spiro atoms. The van der Waals surface area contributed by atoms with Crippen LogP contribution in [0.2, 0.25) is 0 Å². The number of sulfonamides is 1. The van der Waals surface area contributed by atoms with Crippen molar-refractivity contribution in [1.29, 1.82) is 0 Å². The maximum atomic E-state index is 14.0. The van der Waals surface area contributed by atoms with Crippen molar-refractivity contribution in [3.8, 4) is 5.75 Å². The third-order valence-corrected chi connectivity index (χ3v) is 10.2. The number of alkyl carbamates (subject to hydrolysis) is 1. The van der Waals surface area contributed by atoms with Crippen LogP contribution in [0.5, 0.6) is 5.75 Å². The summed E-state index contributed by atoms with van der Waals surface area (Å²) in [6, 6.07) is 1.32. The largest absolute Gasteiger partial charge is 0.493 e. The normalized spacial score (nSPS) is 25.7. The van der Waals surface area contributed by atoms with Gasteiger partial charge in [-0.05, 0) is 53.1 Å². The van der Waals surface area contributed by atoms with Crippen LogP contribution in [0.1, 0.15) is 46.5 Å². The van der Waals surface area contributed by atoms with Crippen LogP contribution in [0.3, 0.4) is 0 Å². The van der Waals surface area contributed by atoms with Crippen molar-refractivity contribution >= 4 is 49.8 Å². The third kappa shape index (κ3) is 7.48. The van der Waals surface area contributed by atoms with E-state index in [0.717, 1.165) is 0 Å². The molecule has 4 rings (SSSR count). The summed E-state index contributed by atoms with van der Waals surface area (Å²) < 4.78 is 38.4. The molecule has 1 saturated heterocycles. The summed E-state index contributed by atoms with van der Waals surface area (Å²) >= 11 is 3.30. The van der Waals surface area contributed by atoms with Gasteiger partial charge in [-0.25, -0.2) is 18.2 Å². The zero-order valence-corrected chi connectivity index (χ0v) is 27.0. The van der Waals surface area contributed by atoms with Crippen LogP contribution in [0.15, 0.2) is 35.6 Å². The molecule has 3 N–H and O–H groups in total. The number of methoxy groups -OCH3 is 1. The monoisotopic (exact) mass is 683 g/mol. The van der Waals surface area contributed by atoms with Gasteiger partial charge < -0.3 is 25.0 Å². The lowest BCUT2D eigenvalue weighted by atomic mass is 9.85. The number of carbonyl (C=O) groups is 4. The van der Waals surface area contributed by atoms with Crippen molar-refractivity contribution < 1.29 is 37.1 Å². The molecule has 236 valence electrons. The fourth-order valence-corrected chi connectivity index (χ4v) is 6.94. The first-order valence-corrected chi connectivity index (χ1v) is 16.3. The topological polar surface area (TPSA) is 173 Å². The number of aromatic nitrogens is 1. The van der Waals surface area contributed by atoms with E-state index in [0.29, 0.717) is 23.2 Å². The van der Waals surface area contributed by atoms with Gasteiger partial charge in [0.05, 0.1) is 19.0 Å². The number of hydrogen-bond acceptors (Lipinski definition) is 9. The Morgan fingerprint density at radius 1 is 1.28 bits per heavy atom. The van der Waals surface area contributed by atoms with Crippen molar-refractivity contribution in [2.45, 2.75) is 69.3 Å². The highest BCUT2D eigenvalue weighted by atomic mass is 79.9. The molecule has 0 radical (unpaired) electrons. The molecule has 2 aliphatic carbocycles. The molecule has 1 aromatic rings. The highest BCUT2D eigenvalue weighted by Gasteiger charge is 2.62. The SMILES string of the molecule is C=CC1C[C@]1(NC(=O)[C@@H]1C[C@@H](COc2ccnc(Br)c2)CN1C(=O)[C@@H](NC(=O)OC)C(C)(C)C)C(=O)NS(=O)(=O)C1CC1. The fraction of sp³-hybridized carbons (Fsp3) is 0.607. The molecule has 2 saturated carbocycles. The van der Waals surface area contributed by atoms with E-state index in [9.17, 15) is 27.6 Å². The Morgan fingerprint density at radius 3 is 2.53 bits per heavy atom. The lowest BCUT2D eigenvalue weighted by Crippen LogP contribution is -2.60. The second kappa shape index (κ2) is 12.4. The standard InChI is InChI=1S/C28H38BrN5O8S/c1-6-17-13-28(17,25(37)33-43(39,40)19-7-8-19)32-23(35)20-11-16(15-42-18-9-10-30-21(29)12-18)14-34(20)24(36)22(27(2,3)4)31-26(38)41-5/h6,9-10,12,16-17,19-20,22H,1,7-8,11,13-15H2,2-5H3,(H,31,38)(H,32,35)(H,33,37)/t16-,17?,20+,22-,28-/m1/s1. The van der Waals surface area contributed by atoms with Crippen molar-refractivity contribution in [2.75, 3.05) is 20.3 Å². The Morgan fingerprint density at radius 2 is 1.98 bits per heavy atom. The van der Waals surface area contributed by atoms with Gasteiger partial charge in [-0.15, -0.1) is 6.58 Å². The van der Waals surface area contributed by atoms with E-state index in [1.807, 2.05) is 0 Å². The molecule has 13 nitrogen and oxygen atoms in total. The molecule has 1 aliphatic heterocycles. The lowest BCUT2D eigenvalue weighted by Gasteiger charge is -2.35. The number of halogens is 1. The number of nitrogens with zero attached hydrogens (tertiary/aromatic N) is 2. The van der Waals surface area contributed by atoms with Crippen LogP contribution in [0, 0.1) is 17.3 Å². The van der Waals surface area contributed by atoms with Crippen molar-refractivity contribution in [3.05, 3.63) is 35.6 Å². The van der Waals surface area contributed by atoms with E-state index < -0.39 is 68.0 Å². The van der Waals surface area contributed by atoms with E-state index in [4.69, 9.17) is 9.47 Å². The molecule has 0 bridgehead atoms. The molecule has 15 heteroatoms. The molecule has 43 heavy (non-hydrogen) atoms. The third-order valence-electron chi connectivity index (χ3n) is 7.97. The first kappa shape index (κ1) is 32.7. The zero-order chi connectivity index (χ0) is 31.7. The Kier molecular flexibility index (Phi) is 9.45. The molecule has 2 heterocycles. The molecule has 4 amide bonds. The minimum Gasteiger partial charge on any atom is -0.493 e. The Labute approximate surface area is 259 Å². The number of likely N-dealkylation sites (tertiary alicyclic amines) is 1. The van der Waals surface area contributed by atoms with Crippen LogP contribution >= 0.6 is 15.9 Å². The molecule has 0 aromatic carbocycles. The maximum Gasteiger partial charge on any atom is 0.407 e. The highest BCUT2D eigenvalue weighted by Crippen LogP contribution is 2.45. The van der Waals surface area contributed by atoms with Gasteiger partial charge in [0.1, 0.15) is 28.0 Å². The maximum absolute atomic E-state index is 14.0. The smallest absolute Gasteiger partial charge is 0.407 e. The quantitative estimate of drug-likeness (QED) is 0.232. The Bertz CT molecular complexity index is 1400. The van der Waals surface area contributed by atoms with Gasteiger partial charge in [0.2, 0.25) is 21.8 Å². The molecule has 3 aliphatic rings. The summed E-state index contributed by atoms with van der Waals surface area (Å²) in [5.74, 6) is -2.15. The van der Waals surface area contributed by atoms with Gasteiger partial charge in [-0.1, -0.05) is 26.8 Å². The van der Waals surface area contributed by atoms with Crippen LogP contribution in [0.25, 0.3) is 0 Å². The second-order valence-corrected chi connectivity index (χ2v) is 15.1. The summed E-state index contributed by atoms with van der Waals surface area (Å²) in [5.41, 5.74) is -2.24. The van der Waals surface area contributed by atoms with E-state index in [-0.39, 0.29) is 31.9 Å². The first-order valence-electron chi connectivity index (χ1n) is 14.0. The Balaban J connectivity index is 1.57. The Hall–Kier alpha value is -3.20. The van der Waals surface area contributed by atoms with E-state index in [1.165, 1.54) is 18.1 Å². The predicted octanol–water partition coefficient (Wildman–Crippen LogP) is 1.88. The number of carbonyl (C=O) groups excluding carboxylic acids is 4. The lowest BCUT2D eigenvalue weighted by molar-refractivity contribution is -0.142. The average molecular weight is 685 g/mol. The number of nitrogens with one attached hydrogen (secondary N) is 3. The fourth-order valence-electron chi connectivity index (χ4n) is 5.23.